The maximum absolute atomic E-state index is 13.7. The molecule has 5 rings (SSSR count). The lowest BCUT2D eigenvalue weighted by Gasteiger charge is -2.28. The van der Waals surface area contributed by atoms with Gasteiger partial charge < -0.3 is 25.2 Å². The number of ether oxygens (including phenoxy) is 1. The van der Waals surface area contributed by atoms with E-state index in [9.17, 15) is 14.4 Å². The highest BCUT2D eigenvalue weighted by Crippen LogP contribution is 2.30. The third kappa shape index (κ3) is 4.20. The van der Waals surface area contributed by atoms with Gasteiger partial charge in [-0.1, -0.05) is 0 Å². The maximum Gasteiger partial charge on any atom is 0.277 e. The molecule has 3 aromatic rings. The zero-order valence-corrected chi connectivity index (χ0v) is 20.3. The van der Waals surface area contributed by atoms with Crippen LogP contribution in [0.5, 0.6) is 5.75 Å². The van der Waals surface area contributed by atoms with Crippen LogP contribution in [0.2, 0.25) is 0 Å². The number of benzene rings is 2. The second-order valence-corrected chi connectivity index (χ2v) is 8.97. The number of amides is 3. The fourth-order valence-corrected chi connectivity index (χ4v) is 4.73. The fourth-order valence-electron chi connectivity index (χ4n) is 4.73. The van der Waals surface area contributed by atoms with Crippen molar-refractivity contribution < 1.29 is 19.1 Å². The molecule has 0 unspecified atom stereocenters. The van der Waals surface area contributed by atoms with Crippen molar-refractivity contribution >= 4 is 29.1 Å². The molecule has 3 amide bonds. The lowest BCUT2D eigenvalue weighted by Crippen LogP contribution is -2.39. The first-order valence-corrected chi connectivity index (χ1v) is 11.8. The molecule has 10 nitrogen and oxygen atoms in total. The standard InChI is InChI=1S/C26H28N6O4/c1-29-13-12-22(33)30(16-15-29)17-3-5-18(6-4-17)31-14-11-21-23(25(27)34)28-32(24(21)26(31)35)19-7-9-20(36-2)10-8-19/h3-10H,11-16H2,1-2H3,(H2,27,34). The average molecular weight is 489 g/mol. The van der Waals surface area contributed by atoms with Crippen molar-refractivity contribution in [3.05, 3.63) is 65.5 Å². The Labute approximate surface area is 208 Å². The van der Waals surface area contributed by atoms with Crippen LogP contribution in [-0.4, -0.2) is 72.7 Å². The molecule has 1 aromatic heterocycles. The van der Waals surface area contributed by atoms with Gasteiger partial charge in [0.25, 0.3) is 11.8 Å². The van der Waals surface area contributed by atoms with Gasteiger partial charge in [-0.05, 0) is 62.0 Å². The molecule has 2 N–H and O–H groups in total. The number of anilines is 2. The van der Waals surface area contributed by atoms with Crippen molar-refractivity contribution in [1.29, 1.82) is 0 Å². The highest BCUT2D eigenvalue weighted by molar-refractivity contribution is 6.09. The van der Waals surface area contributed by atoms with Gasteiger partial charge in [0.1, 0.15) is 11.4 Å². The zero-order chi connectivity index (χ0) is 25.4. The number of primary amides is 1. The van der Waals surface area contributed by atoms with Crippen LogP contribution >= 0.6 is 0 Å². The summed E-state index contributed by atoms with van der Waals surface area (Å²) in [5, 5.41) is 4.40. The second-order valence-electron chi connectivity index (χ2n) is 8.97. The van der Waals surface area contributed by atoms with E-state index in [1.54, 1.807) is 41.2 Å². The van der Waals surface area contributed by atoms with E-state index in [1.165, 1.54) is 4.68 Å². The van der Waals surface area contributed by atoms with Crippen LogP contribution in [0.1, 0.15) is 33.0 Å². The van der Waals surface area contributed by atoms with E-state index < -0.39 is 5.91 Å². The molecule has 0 atom stereocenters. The summed E-state index contributed by atoms with van der Waals surface area (Å²) in [6.07, 6.45) is 0.914. The topological polar surface area (TPSA) is 114 Å². The van der Waals surface area contributed by atoms with Crippen LogP contribution in [0.15, 0.2) is 48.5 Å². The molecule has 1 fully saturated rings. The number of fused-ring (bicyclic) bond motifs is 1. The molecule has 3 heterocycles. The molecule has 2 aliphatic heterocycles. The van der Waals surface area contributed by atoms with Crippen molar-refractivity contribution in [2.24, 2.45) is 5.73 Å². The summed E-state index contributed by atoms with van der Waals surface area (Å²) in [6, 6.07) is 14.5. The Hall–Kier alpha value is -4.18. The fraction of sp³-hybridized carbons (Fsp3) is 0.308. The molecular formula is C26H28N6O4. The van der Waals surface area contributed by atoms with Gasteiger partial charge in [0.05, 0.1) is 12.8 Å². The lowest BCUT2D eigenvalue weighted by molar-refractivity contribution is -0.118. The van der Waals surface area contributed by atoms with E-state index in [0.717, 1.165) is 18.8 Å². The van der Waals surface area contributed by atoms with E-state index in [2.05, 4.69) is 10.00 Å². The highest BCUT2D eigenvalue weighted by Gasteiger charge is 2.34. The Morgan fingerprint density at radius 3 is 2.14 bits per heavy atom. The van der Waals surface area contributed by atoms with Crippen LogP contribution in [-0.2, 0) is 11.2 Å². The Morgan fingerprint density at radius 2 is 1.50 bits per heavy atom. The van der Waals surface area contributed by atoms with Crippen LogP contribution in [0.25, 0.3) is 5.69 Å². The SMILES string of the molecule is COc1ccc(-n2nc(C(N)=O)c3c2C(=O)N(c2ccc(N4CCN(C)CCC4=O)cc2)CC3)cc1. The normalized spacial score (nSPS) is 16.6. The molecule has 10 heteroatoms. The second kappa shape index (κ2) is 9.46. The lowest BCUT2D eigenvalue weighted by atomic mass is 10.0. The van der Waals surface area contributed by atoms with Gasteiger partial charge in [-0.2, -0.15) is 5.10 Å². The van der Waals surface area contributed by atoms with E-state index >= 15 is 0 Å². The molecule has 0 bridgehead atoms. The zero-order valence-electron chi connectivity index (χ0n) is 20.3. The first kappa shape index (κ1) is 23.6. The number of hydrogen-bond acceptors (Lipinski definition) is 6. The third-order valence-electron chi connectivity index (χ3n) is 6.75. The van der Waals surface area contributed by atoms with Crippen molar-refractivity contribution in [3.63, 3.8) is 0 Å². The van der Waals surface area contributed by atoms with Crippen molar-refractivity contribution in [2.45, 2.75) is 12.8 Å². The van der Waals surface area contributed by atoms with E-state index in [-0.39, 0.29) is 17.5 Å². The van der Waals surface area contributed by atoms with Crippen molar-refractivity contribution in [3.8, 4) is 11.4 Å². The van der Waals surface area contributed by atoms with Gasteiger partial charge >= 0.3 is 0 Å². The van der Waals surface area contributed by atoms with E-state index in [1.807, 2.05) is 31.3 Å². The number of hydrogen-bond donors (Lipinski definition) is 1. The summed E-state index contributed by atoms with van der Waals surface area (Å²) in [5.41, 5.74) is 8.70. The summed E-state index contributed by atoms with van der Waals surface area (Å²) in [7, 11) is 3.58. The molecule has 0 radical (unpaired) electrons. The predicted molar refractivity (Wildman–Crippen MR) is 135 cm³/mol. The largest absolute Gasteiger partial charge is 0.497 e. The molecule has 36 heavy (non-hydrogen) atoms. The number of rotatable bonds is 5. The molecule has 186 valence electrons. The van der Waals surface area contributed by atoms with Gasteiger partial charge in [0, 0.05) is 49.5 Å². The number of methoxy groups -OCH3 is 1. The highest BCUT2D eigenvalue weighted by atomic mass is 16.5. The molecular weight excluding hydrogens is 460 g/mol. The first-order valence-electron chi connectivity index (χ1n) is 11.8. The number of nitrogens with zero attached hydrogens (tertiary/aromatic N) is 5. The minimum atomic E-state index is -0.670. The minimum Gasteiger partial charge on any atom is -0.497 e. The first-order chi connectivity index (χ1) is 17.4. The van der Waals surface area contributed by atoms with Crippen LogP contribution in [0.4, 0.5) is 11.4 Å². The molecule has 2 aliphatic rings. The Kier molecular flexibility index (Phi) is 6.19. The quantitative estimate of drug-likeness (QED) is 0.586. The van der Waals surface area contributed by atoms with Crippen LogP contribution in [0.3, 0.4) is 0 Å². The average Bonchev–Trinajstić information content (AvgIpc) is 3.21. The van der Waals surface area contributed by atoms with Gasteiger partial charge in [-0.25, -0.2) is 4.68 Å². The molecule has 0 aliphatic carbocycles. The van der Waals surface area contributed by atoms with Crippen LogP contribution < -0.4 is 20.3 Å². The molecule has 1 saturated heterocycles. The van der Waals surface area contributed by atoms with E-state index in [0.29, 0.717) is 54.3 Å². The number of likely N-dealkylation sites (N-methyl/N-ethyl adjacent to an activating group) is 1. The third-order valence-corrected chi connectivity index (χ3v) is 6.75. The summed E-state index contributed by atoms with van der Waals surface area (Å²) in [5.74, 6) is -0.185. The molecule has 2 aromatic carbocycles. The summed E-state index contributed by atoms with van der Waals surface area (Å²) in [4.78, 5) is 44.0. The van der Waals surface area contributed by atoms with Gasteiger partial charge in [0.15, 0.2) is 5.69 Å². The summed E-state index contributed by atoms with van der Waals surface area (Å²) < 4.78 is 6.70. The van der Waals surface area contributed by atoms with E-state index in [4.69, 9.17) is 10.5 Å². The maximum atomic E-state index is 13.7. The Balaban J connectivity index is 1.46. The number of carbonyl (C=O) groups is 3. The Morgan fingerprint density at radius 1 is 0.861 bits per heavy atom. The van der Waals surface area contributed by atoms with Gasteiger partial charge in [0.2, 0.25) is 5.91 Å². The monoisotopic (exact) mass is 488 g/mol. The Bertz CT molecular complexity index is 1320. The number of aromatic nitrogens is 2. The number of nitrogens with two attached hydrogens (primary N) is 1. The van der Waals surface area contributed by atoms with Crippen molar-refractivity contribution in [1.82, 2.24) is 14.7 Å². The van der Waals surface area contributed by atoms with Gasteiger partial charge in [-0.3, -0.25) is 14.4 Å². The smallest absolute Gasteiger partial charge is 0.277 e. The van der Waals surface area contributed by atoms with Gasteiger partial charge in [-0.15, -0.1) is 0 Å². The minimum absolute atomic E-state index is 0.0909. The number of carbonyl (C=O) groups excluding carboxylic acids is 3. The molecule has 0 spiro atoms. The molecule has 0 saturated carbocycles. The summed E-state index contributed by atoms with van der Waals surface area (Å²) >= 11 is 0. The summed E-state index contributed by atoms with van der Waals surface area (Å²) in [6.45, 7) is 2.55. The predicted octanol–water partition coefficient (Wildman–Crippen LogP) is 1.85. The van der Waals surface area contributed by atoms with Crippen LogP contribution in [0, 0.1) is 0 Å². The van der Waals surface area contributed by atoms with Crippen molar-refractivity contribution in [2.75, 3.05) is 50.1 Å².